The van der Waals surface area contributed by atoms with E-state index in [0.717, 1.165) is 5.56 Å². The zero-order valence-corrected chi connectivity index (χ0v) is 17.9. The number of benzene rings is 1. The van der Waals surface area contributed by atoms with Crippen molar-refractivity contribution in [2.75, 3.05) is 0 Å². The molecule has 1 aromatic carbocycles. The van der Waals surface area contributed by atoms with Crippen LogP contribution in [0.25, 0.3) is 0 Å². The van der Waals surface area contributed by atoms with Crippen molar-refractivity contribution in [3.63, 3.8) is 0 Å². The lowest BCUT2D eigenvalue weighted by atomic mass is 10.1. The van der Waals surface area contributed by atoms with E-state index in [1.54, 1.807) is 0 Å². The molecule has 0 saturated heterocycles. The van der Waals surface area contributed by atoms with Crippen molar-refractivity contribution in [3.8, 4) is 0 Å². The number of hydrogen-bond donors (Lipinski definition) is 6. The highest BCUT2D eigenvalue weighted by Gasteiger charge is 2.26. The second kappa shape index (κ2) is 11.6. The molecule has 172 valence electrons. The molecular weight excluding hydrogens is 416 g/mol. The number of nitrogens with two attached hydrogens (primary N) is 1. The number of hydrogen-bond acceptors (Lipinski definition) is 6. The predicted octanol–water partition coefficient (Wildman–Crippen LogP) is -0.899. The zero-order chi connectivity index (χ0) is 23.7. The monoisotopic (exact) mass is 444 g/mol. The smallest absolute Gasteiger partial charge is 0.326 e. The third-order valence-corrected chi connectivity index (χ3v) is 4.73. The summed E-state index contributed by atoms with van der Waals surface area (Å²) in [6.45, 7) is 2.88. The molecule has 1 aromatic heterocycles. The quantitative estimate of drug-likeness (QED) is 0.260. The molecule has 4 atom stereocenters. The van der Waals surface area contributed by atoms with Crippen molar-refractivity contribution < 1.29 is 24.3 Å². The molecule has 0 spiro atoms. The fraction of sp³-hybridized carbons (Fsp3) is 0.381. The number of carboxylic acid groups (broad SMARTS) is 1. The minimum Gasteiger partial charge on any atom is -0.480 e. The first-order valence-corrected chi connectivity index (χ1v) is 10.1. The number of rotatable bonds is 11. The van der Waals surface area contributed by atoms with Crippen LogP contribution in [0.15, 0.2) is 42.9 Å². The van der Waals surface area contributed by atoms with Gasteiger partial charge in [0.2, 0.25) is 17.7 Å². The molecule has 7 N–H and O–H groups in total. The van der Waals surface area contributed by atoms with Gasteiger partial charge in [0.15, 0.2) is 0 Å². The van der Waals surface area contributed by atoms with Crippen LogP contribution in [0.5, 0.6) is 0 Å². The lowest BCUT2D eigenvalue weighted by Crippen LogP contribution is -2.55. The highest BCUT2D eigenvalue weighted by atomic mass is 16.4. The van der Waals surface area contributed by atoms with Crippen LogP contribution in [0.4, 0.5) is 0 Å². The molecule has 32 heavy (non-hydrogen) atoms. The van der Waals surface area contributed by atoms with E-state index in [2.05, 4.69) is 25.9 Å². The average Bonchev–Trinajstić information content (AvgIpc) is 3.26. The summed E-state index contributed by atoms with van der Waals surface area (Å²) in [6.07, 6.45) is 3.18. The first kappa shape index (κ1) is 24.5. The number of aromatic amines is 1. The van der Waals surface area contributed by atoms with Crippen molar-refractivity contribution in [2.45, 2.75) is 50.9 Å². The topological polar surface area (TPSA) is 179 Å². The number of H-pyrrole nitrogens is 1. The number of nitrogens with zero attached hydrogens (tertiary/aromatic N) is 1. The molecule has 1 heterocycles. The van der Waals surface area contributed by atoms with Gasteiger partial charge < -0.3 is 31.8 Å². The van der Waals surface area contributed by atoms with Crippen LogP contribution in [0, 0.1) is 0 Å². The Hall–Kier alpha value is -3.73. The molecule has 4 unspecified atom stereocenters. The van der Waals surface area contributed by atoms with E-state index in [1.165, 1.54) is 26.4 Å². The van der Waals surface area contributed by atoms with Crippen LogP contribution in [-0.4, -0.2) is 62.9 Å². The van der Waals surface area contributed by atoms with Crippen molar-refractivity contribution in [1.82, 2.24) is 25.9 Å². The number of carbonyl (C=O) groups is 4. The number of aromatic nitrogens is 2. The molecule has 3 amide bonds. The number of imidazole rings is 1. The highest BCUT2D eigenvalue weighted by Crippen LogP contribution is 2.03. The third-order valence-electron chi connectivity index (χ3n) is 4.73. The minimum atomic E-state index is -1.22. The van der Waals surface area contributed by atoms with Gasteiger partial charge in [0, 0.05) is 18.3 Å². The lowest BCUT2D eigenvalue weighted by molar-refractivity contribution is -0.142. The van der Waals surface area contributed by atoms with E-state index in [9.17, 15) is 24.3 Å². The number of nitrogens with one attached hydrogen (secondary N) is 4. The second-order valence-corrected chi connectivity index (χ2v) is 7.44. The standard InChI is InChI=1S/C21H28N6O5/c1-12(26-20(30)16(22)8-14-6-4-3-5-7-14)18(28)25-13(2)19(29)27-17(21(31)32)9-15-10-23-11-24-15/h3-7,10-13,16-17H,8-9,22H2,1-2H3,(H,23,24)(H,25,28)(H,26,30)(H,27,29)(H,31,32). The van der Waals surface area contributed by atoms with Crippen LogP contribution >= 0.6 is 0 Å². The molecule has 0 aliphatic rings. The largest absolute Gasteiger partial charge is 0.480 e. The molecule has 0 aliphatic carbocycles. The van der Waals surface area contributed by atoms with Gasteiger partial charge in [0.25, 0.3) is 0 Å². The second-order valence-electron chi connectivity index (χ2n) is 7.44. The summed E-state index contributed by atoms with van der Waals surface area (Å²) in [7, 11) is 0. The summed E-state index contributed by atoms with van der Waals surface area (Å²) in [5.74, 6) is -3.00. The molecule has 0 aliphatic heterocycles. The van der Waals surface area contributed by atoms with Crippen LogP contribution < -0.4 is 21.7 Å². The van der Waals surface area contributed by atoms with E-state index in [4.69, 9.17) is 5.73 Å². The first-order valence-electron chi connectivity index (χ1n) is 10.1. The molecule has 0 radical (unpaired) electrons. The van der Waals surface area contributed by atoms with Gasteiger partial charge in [-0.25, -0.2) is 9.78 Å². The number of carbonyl (C=O) groups excluding carboxylic acids is 3. The maximum absolute atomic E-state index is 12.4. The van der Waals surface area contributed by atoms with Crippen molar-refractivity contribution in [3.05, 3.63) is 54.1 Å². The Kier molecular flexibility index (Phi) is 8.90. The highest BCUT2D eigenvalue weighted by molar-refractivity contribution is 5.93. The van der Waals surface area contributed by atoms with Gasteiger partial charge in [-0.3, -0.25) is 14.4 Å². The third kappa shape index (κ3) is 7.51. The van der Waals surface area contributed by atoms with Gasteiger partial charge in [0.1, 0.15) is 18.1 Å². The molecular formula is C21H28N6O5. The molecule has 0 saturated carbocycles. The lowest BCUT2D eigenvalue weighted by Gasteiger charge is -2.21. The summed E-state index contributed by atoms with van der Waals surface area (Å²) in [5.41, 5.74) is 7.34. The number of aliphatic carboxylic acids is 1. The van der Waals surface area contributed by atoms with Crippen LogP contribution in [-0.2, 0) is 32.0 Å². The minimum absolute atomic E-state index is 0.00744. The van der Waals surface area contributed by atoms with Gasteiger partial charge >= 0.3 is 5.97 Å². The molecule has 11 heteroatoms. The summed E-state index contributed by atoms with van der Waals surface area (Å²) >= 11 is 0. The Balaban J connectivity index is 1.83. The van der Waals surface area contributed by atoms with Crippen molar-refractivity contribution >= 4 is 23.7 Å². The Morgan fingerprint density at radius 1 is 0.969 bits per heavy atom. The summed E-state index contributed by atoms with van der Waals surface area (Å²) in [5, 5.41) is 16.7. The Labute approximate surface area is 185 Å². The van der Waals surface area contributed by atoms with Gasteiger partial charge in [0.05, 0.1) is 12.4 Å². The molecule has 11 nitrogen and oxygen atoms in total. The van der Waals surface area contributed by atoms with Gasteiger partial charge in [-0.2, -0.15) is 0 Å². The Bertz CT molecular complexity index is 918. The van der Waals surface area contributed by atoms with Crippen LogP contribution in [0.3, 0.4) is 0 Å². The zero-order valence-electron chi connectivity index (χ0n) is 17.9. The number of carboxylic acids is 1. The predicted molar refractivity (Wildman–Crippen MR) is 115 cm³/mol. The molecule has 2 rings (SSSR count). The van der Waals surface area contributed by atoms with Crippen LogP contribution in [0.2, 0.25) is 0 Å². The summed E-state index contributed by atoms with van der Waals surface area (Å²) in [4.78, 5) is 55.0. The normalized spacial score (nSPS) is 14.5. The summed E-state index contributed by atoms with van der Waals surface area (Å²) in [6, 6.07) is 5.22. The fourth-order valence-corrected chi connectivity index (χ4v) is 2.86. The van der Waals surface area contributed by atoms with Gasteiger partial charge in [-0.05, 0) is 25.8 Å². The SMILES string of the molecule is CC(NC(=O)C(N)Cc1ccccc1)C(=O)NC(C)C(=O)NC(Cc1cnc[nH]1)C(=O)O. The van der Waals surface area contributed by atoms with E-state index < -0.39 is 47.9 Å². The van der Waals surface area contributed by atoms with E-state index in [1.807, 2.05) is 30.3 Å². The van der Waals surface area contributed by atoms with E-state index in [-0.39, 0.29) is 6.42 Å². The Morgan fingerprint density at radius 2 is 1.56 bits per heavy atom. The fourth-order valence-electron chi connectivity index (χ4n) is 2.86. The first-order chi connectivity index (χ1) is 15.2. The Morgan fingerprint density at radius 3 is 2.12 bits per heavy atom. The van der Waals surface area contributed by atoms with Crippen molar-refractivity contribution in [2.24, 2.45) is 5.73 Å². The van der Waals surface area contributed by atoms with Crippen molar-refractivity contribution in [1.29, 1.82) is 0 Å². The number of amides is 3. The van der Waals surface area contributed by atoms with Crippen LogP contribution in [0.1, 0.15) is 25.1 Å². The summed E-state index contributed by atoms with van der Waals surface area (Å²) < 4.78 is 0. The molecule has 2 aromatic rings. The average molecular weight is 444 g/mol. The molecule has 0 bridgehead atoms. The van der Waals surface area contributed by atoms with E-state index >= 15 is 0 Å². The van der Waals surface area contributed by atoms with Gasteiger partial charge in [-0.15, -0.1) is 0 Å². The maximum Gasteiger partial charge on any atom is 0.326 e. The van der Waals surface area contributed by atoms with Gasteiger partial charge in [-0.1, -0.05) is 30.3 Å². The van der Waals surface area contributed by atoms with E-state index in [0.29, 0.717) is 12.1 Å². The maximum atomic E-state index is 12.4. The molecule has 0 fully saturated rings.